The molecule has 102 valence electrons. The number of nitrogens with zero attached hydrogens (tertiary/aromatic N) is 4. The van der Waals surface area contributed by atoms with Gasteiger partial charge in [-0.05, 0) is 32.4 Å². The van der Waals surface area contributed by atoms with Crippen molar-refractivity contribution in [1.82, 2.24) is 9.97 Å². The highest BCUT2D eigenvalue weighted by molar-refractivity contribution is 6.02. The van der Waals surface area contributed by atoms with Gasteiger partial charge in [-0.1, -0.05) is 29.8 Å². The van der Waals surface area contributed by atoms with Gasteiger partial charge in [-0.3, -0.25) is 0 Å². The van der Waals surface area contributed by atoms with Gasteiger partial charge in [0.05, 0.1) is 12.3 Å². The Bertz CT molecular complexity index is 656. The average Bonchev–Trinajstić information content (AvgIpc) is 2.87. The van der Waals surface area contributed by atoms with Gasteiger partial charge in [-0.15, -0.1) is 0 Å². The van der Waals surface area contributed by atoms with Crippen LogP contribution in [0.25, 0.3) is 0 Å². The maximum atomic E-state index is 4.68. The molecule has 0 atom stereocenters. The van der Waals surface area contributed by atoms with Crippen LogP contribution in [-0.2, 0) is 0 Å². The molecule has 2 aromatic rings. The van der Waals surface area contributed by atoms with Crippen molar-refractivity contribution in [2.75, 3.05) is 11.6 Å². The summed E-state index contributed by atoms with van der Waals surface area (Å²) in [4.78, 5) is 8.94. The highest BCUT2D eigenvalue weighted by Gasteiger charge is 2.19. The molecule has 4 nitrogen and oxygen atoms in total. The first-order valence-electron chi connectivity index (χ1n) is 6.86. The van der Waals surface area contributed by atoms with Gasteiger partial charge in [-0.25, -0.2) is 15.0 Å². The van der Waals surface area contributed by atoms with E-state index in [1.165, 1.54) is 11.1 Å². The fraction of sp³-hybridized carbons (Fsp3) is 0.312. The third kappa shape index (κ3) is 2.54. The van der Waals surface area contributed by atoms with Gasteiger partial charge in [0.2, 0.25) is 5.95 Å². The van der Waals surface area contributed by atoms with Crippen LogP contribution in [0.15, 0.2) is 35.4 Å². The van der Waals surface area contributed by atoms with E-state index in [0.717, 1.165) is 30.1 Å². The second kappa shape index (κ2) is 5.04. The van der Waals surface area contributed by atoms with Gasteiger partial charge in [-0.2, -0.15) is 5.10 Å². The lowest BCUT2D eigenvalue weighted by Crippen LogP contribution is -2.16. The molecule has 0 unspecified atom stereocenters. The Morgan fingerprint density at radius 2 is 1.75 bits per heavy atom. The van der Waals surface area contributed by atoms with E-state index >= 15 is 0 Å². The summed E-state index contributed by atoms with van der Waals surface area (Å²) in [6, 6.07) is 10.4. The van der Waals surface area contributed by atoms with Crippen molar-refractivity contribution < 1.29 is 0 Å². The van der Waals surface area contributed by atoms with Gasteiger partial charge >= 0.3 is 0 Å². The van der Waals surface area contributed by atoms with Gasteiger partial charge in [0.1, 0.15) is 0 Å². The predicted octanol–water partition coefficient (Wildman–Crippen LogP) is 3.02. The molecule has 0 aliphatic carbocycles. The monoisotopic (exact) mass is 266 g/mol. The van der Waals surface area contributed by atoms with Crippen molar-refractivity contribution >= 4 is 11.7 Å². The molecule has 0 spiro atoms. The van der Waals surface area contributed by atoms with Crippen molar-refractivity contribution in [2.24, 2.45) is 5.10 Å². The van der Waals surface area contributed by atoms with Crippen LogP contribution in [0.1, 0.15) is 28.9 Å². The van der Waals surface area contributed by atoms with Crippen LogP contribution in [0.2, 0.25) is 0 Å². The van der Waals surface area contributed by atoms with Gasteiger partial charge in [0.15, 0.2) is 0 Å². The zero-order valence-corrected chi connectivity index (χ0v) is 12.1. The number of anilines is 1. The largest absolute Gasteiger partial charge is 0.246 e. The lowest BCUT2D eigenvalue weighted by molar-refractivity contribution is 0.849. The Morgan fingerprint density at radius 3 is 2.45 bits per heavy atom. The topological polar surface area (TPSA) is 41.4 Å². The summed E-state index contributed by atoms with van der Waals surface area (Å²) in [6.45, 7) is 6.91. The van der Waals surface area contributed by atoms with Crippen LogP contribution < -0.4 is 5.01 Å². The molecule has 0 saturated carbocycles. The number of hydrazone groups is 1. The van der Waals surface area contributed by atoms with E-state index in [2.05, 4.69) is 46.3 Å². The number of aryl methyl sites for hydroxylation is 3. The number of aromatic nitrogens is 2. The summed E-state index contributed by atoms with van der Waals surface area (Å²) in [7, 11) is 0. The fourth-order valence-corrected chi connectivity index (χ4v) is 2.45. The lowest BCUT2D eigenvalue weighted by atomic mass is 10.1. The van der Waals surface area contributed by atoms with Crippen molar-refractivity contribution in [3.63, 3.8) is 0 Å². The van der Waals surface area contributed by atoms with E-state index in [1.807, 2.05) is 24.9 Å². The third-order valence-corrected chi connectivity index (χ3v) is 3.35. The summed E-state index contributed by atoms with van der Waals surface area (Å²) < 4.78 is 0. The smallest absolute Gasteiger partial charge is 0.231 e. The Balaban J connectivity index is 1.91. The summed E-state index contributed by atoms with van der Waals surface area (Å²) in [6.07, 6.45) is 0.930. The SMILES string of the molecule is Cc1cccc(C2=NN(c3nc(C)cc(C)n3)CC2)c1. The van der Waals surface area contributed by atoms with Gasteiger partial charge in [0.25, 0.3) is 0 Å². The minimum atomic E-state index is 0.699. The molecular formula is C16H18N4. The van der Waals surface area contributed by atoms with E-state index in [9.17, 15) is 0 Å². The molecule has 3 rings (SSSR count). The first-order chi connectivity index (χ1) is 9.61. The second-order valence-corrected chi connectivity index (χ2v) is 5.24. The Labute approximate surface area is 119 Å². The summed E-state index contributed by atoms with van der Waals surface area (Å²) in [5, 5.41) is 6.58. The first-order valence-corrected chi connectivity index (χ1v) is 6.86. The number of hydrogen-bond acceptors (Lipinski definition) is 4. The summed E-state index contributed by atoms with van der Waals surface area (Å²) in [5.41, 5.74) is 5.51. The minimum absolute atomic E-state index is 0.699. The molecule has 2 heterocycles. The molecule has 0 fully saturated rings. The van der Waals surface area contributed by atoms with E-state index in [-0.39, 0.29) is 0 Å². The highest BCUT2D eigenvalue weighted by Crippen LogP contribution is 2.19. The maximum absolute atomic E-state index is 4.68. The first kappa shape index (κ1) is 12.8. The quantitative estimate of drug-likeness (QED) is 0.839. The van der Waals surface area contributed by atoms with Crippen molar-refractivity contribution in [2.45, 2.75) is 27.2 Å². The van der Waals surface area contributed by atoms with Crippen LogP contribution in [0, 0.1) is 20.8 Å². The van der Waals surface area contributed by atoms with Crippen molar-refractivity contribution in [3.05, 3.63) is 52.8 Å². The summed E-state index contributed by atoms with van der Waals surface area (Å²) >= 11 is 0. The van der Waals surface area contributed by atoms with E-state index in [4.69, 9.17) is 0 Å². The predicted molar refractivity (Wildman–Crippen MR) is 81.2 cm³/mol. The molecule has 0 amide bonds. The van der Waals surface area contributed by atoms with E-state index < -0.39 is 0 Å². The molecule has 0 N–H and O–H groups in total. The van der Waals surface area contributed by atoms with Crippen molar-refractivity contribution in [1.29, 1.82) is 0 Å². The van der Waals surface area contributed by atoms with E-state index in [0.29, 0.717) is 5.95 Å². The van der Waals surface area contributed by atoms with Crippen LogP contribution in [0.4, 0.5) is 5.95 Å². The normalized spacial score (nSPS) is 14.6. The summed E-state index contributed by atoms with van der Waals surface area (Å²) in [5.74, 6) is 0.699. The number of hydrogen-bond donors (Lipinski definition) is 0. The zero-order valence-electron chi connectivity index (χ0n) is 12.1. The second-order valence-electron chi connectivity index (χ2n) is 5.24. The Morgan fingerprint density at radius 1 is 1.00 bits per heavy atom. The molecule has 1 aromatic heterocycles. The molecular weight excluding hydrogens is 248 g/mol. The standard InChI is InChI=1S/C16H18N4/c1-11-5-4-6-14(9-11)15-7-8-20(19-15)16-17-12(2)10-13(3)18-16/h4-6,9-10H,7-8H2,1-3H3. The zero-order chi connectivity index (χ0) is 14.1. The Hall–Kier alpha value is -2.23. The molecule has 20 heavy (non-hydrogen) atoms. The van der Waals surface area contributed by atoms with Crippen molar-refractivity contribution in [3.8, 4) is 0 Å². The third-order valence-electron chi connectivity index (χ3n) is 3.35. The van der Waals surface area contributed by atoms with E-state index in [1.54, 1.807) is 0 Å². The van der Waals surface area contributed by atoms with Crippen LogP contribution in [0.3, 0.4) is 0 Å². The Kier molecular flexibility index (Phi) is 3.22. The minimum Gasteiger partial charge on any atom is -0.231 e. The molecule has 1 aliphatic rings. The molecule has 0 bridgehead atoms. The van der Waals surface area contributed by atoms with Gasteiger partial charge < -0.3 is 0 Å². The average molecular weight is 266 g/mol. The maximum Gasteiger partial charge on any atom is 0.246 e. The lowest BCUT2D eigenvalue weighted by Gasteiger charge is -2.11. The van der Waals surface area contributed by atoms with Crippen LogP contribution in [0.5, 0.6) is 0 Å². The van der Waals surface area contributed by atoms with Crippen LogP contribution in [-0.4, -0.2) is 22.2 Å². The molecule has 0 saturated heterocycles. The molecule has 1 aliphatic heterocycles. The van der Waals surface area contributed by atoms with Gasteiger partial charge in [0, 0.05) is 17.8 Å². The number of benzene rings is 1. The molecule has 1 aromatic carbocycles. The van der Waals surface area contributed by atoms with Crippen LogP contribution >= 0.6 is 0 Å². The molecule has 0 radical (unpaired) electrons. The highest BCUT2D eigenvalue weighted by atomic mass is 15.5. The molecule has 4 heteroatoms. The number of rotatable bonds is 2. The fourth-order valence-electron chi connectivity index (χ4n) is 2.45.